The summed E-state index contributed by atoms with van der Waals surface area (Å²) in [6, 6.07) is 16.8. The number of nitriles is 1. The lowest BCUT2D eigenvalue weighted by Crippen LogP contribution is -2.58. The fraction of sp³-hybridized carbons (Fsp3) is 0.321. The minimum absolute atomic E-state index is 0.00176. The summed E-state index contributed by atoms with van der Waals surface area (Å²) in [5.74, 6) is -1.09. The highest BCUT2D eigenvalue weighted by Gasteiger charge is 2.68. The topological polar surface area (TPSA) is 146 Å². The van der Waals surface area contributed by atoms with Gasteiger partial charge in [-0.25, -0.2) is 22.9 Å². The number of pyridine rings is 1. The molecule has 4 bridgehead atoms. The smallest absolute Gasteiger partial charge is 0.258 e. The molecule has 1 saturated heterocycles. The van der Waals surface area contributed by atoms with Crippen LogP contribution in [0.4, 0.5) is 10.6 Å². The largest absolute Gasteiger partial charge is 0.438 e. The Morgan fingerprint density at radius 3 is 2.35 bits per heavy atom. The molecule has 1 aliphatic carbocycles. The Morgan fingerprint density at radius 2 is 1.73 bits per heavy atom. The van der Waals surface area contributed by atoms with Crippen molar-refractivity contribution in [2.45, 2.75) is 49.1 Å². The molecule has 2 unspecified atom stereocenters. The predicted molar refractivity (Wildman–Crippen MR) is 149 cm³/mol. The van der Waals surface area contributed by atoms with E-state index in [0.29, 0.717) is 16.7 Å². The maximum Gasteiger partial charge on any atom is 0.438 e. The van der Waals surface area contributed by atoms with Gasteiger partial charge in [0, 0.05) is 23.2 Å². The van der Waals surface area contributed by atoms with Crippen molar-refractivity contribution in [1.29, 1.82) is 5.26 Å². The van der Waals surface area contributed by atoms with E-state index in [2.05, 4.69) is 21.1 Å². The second-order valence-corrected chi connectivity index (χ2v) is 15.0. The first-order valence-corrected chi connectivity index (χ1v) is 16.0. The van der Waals surface area contributed by atoms with Gasteiger partial charge in [-0.05, 0) is 56.2 Å². The van der Waals surface area contributed by atoms with Gasteiger partial charge in [0.15, 0.2) is 0 Å². The number of nitrogens with zero attached hydrogens (tertiary/aromatic N) is 3. The lowest BCUT2D eigenvalue weighted by Gasteiger charge is -2.38. The zero-order chi connectivity index (χ0) is 29.1. The number of hydrogen-bond acceptors (Lipinski definition) is 7. The van der Waals surface area contributed by atoms with Crippen LogP contribution in [0.25, 0.3) is 0 Å². The fourth-order valence-corrected chi connectivity index (χ4v) is 9.52. The summed E-state index contributed by atoms with van der Waals surface area (Å²) >= 11 is 0. The highest BCUT2D eigenvalue weighted by atomic mass is 32.2. The van der Waals surface area contributed by atoms with E-state index >= 15 is 0 Å². The van der Waals surface area contributed by atoms with Crippen molar-refractivity contribution >= 4 is 31.9 Å². The fourth-order valence-electron chi connectivity index (χ4n) is 6.14. The second kappa shape index (κ2) is 9.49. The van der Waals surface area contributed by atoms with E-state index in [9.17, 15) is 26.9 Å². The molecule has 4 atom stereocenters. The van der Waals surface area contributed by atoms with Crippen LogP contribution in [-0.4, -0.2) is 50.1 Å². The Morgan fingerprint density at radius 1 is 1.02 bits per heavy atom. The Labute approximate surface area is 234 Å². The second-order valence-electron chi connectivity index (χ2n) is 11.3. The number of carbonyl (C=O) groups is 1. The van der Waals surface area contributed by atoms with Gasteiger partial charge >= 0.3 is 16.1 Å². The first-order valence-electron chi connectivity index (χ1n) is 12.7. The Kier molecular flexibility index (Phi) is 6.62. The Balaban J connectivity index is 1.80. The highest BCUT2D eigenvalue weighted by molar-refractivity contribution is 7.89. The summed E-state index contributed by atoms with van der Waals surface area (Å²) in [5.41, 5.74) is 0.899. The third-order valence-electron chi connectivity index (χ3n) is 7.43. The quantitative estimate of drug-likeness (QED) is 0.434. The van der Waals surface area contributed by atoms with Gasteiger partial charge in [-0.2, -0.15) is 13.7 Å². The molecule has 10 nitrogen and oxygen atoms in total. The molecule has 5 rings (SSSR count). The van der Waals surface area contributed by atoms with Crippen LogP contribution in [0.15, 0.2) is 71.8 Å². The first-order chi connectivity index (χ1) is 18.7. The van der Waals surface area contributed by atoms with E-state index in [4.69, 9.17) is 0 Å². The number of anilines is 1. The molecule has 1 aromatic heterocycles. The third-order valence-corrected chi connectivity index (χ3v) is 11.0. The summed E-state index contributed by atoms with van der Waals surface area (Å²) in [7, 11) is -8.33. The van der Waals surface area contributed by atoms with Crippen molar-refractivity contribution in [3.05, 3.63) is 89.1 Å². The average molecular weight is 581 g/mol. The van der Waals surface area contributed by atoms with Crippen molar-refractivity contribution in [1.82, 2.24) is 9.71 Å². The summed E-state index contributed by atoms with van der Waals surface area (Å²) < 4.78 is 57.0. The zero-order valence-electron chi connectivity index (χ0n) is 22.5. The van der Waals surface area contributed by atoms with Crippen LogP contribution in [0.3, 0.4) is 0 Å². The highest BCUT2D eigenvalue weighted by Crippen LogP contribution is 2.62. The van der Waals surface area contributed by atoms with Crippen LogP contribution in [0.2, 0.25) is 0 Å². The van der Waals surface area contributed by atoms with E-state index in [0.717, 1.165) is 6.26 Å². The maximum atomic E-state index is 14.2. The van der Waals surface area contributed by atoms with Gasteiger partial charge in [0.2, 0.25) is 10.0 Å². The number of hydrogen-bond donors (Lipinski definition) is 2. The first kappa shape index (κ1) is 27.9. The summed E-state index contributed by atoms with van der Waals surface area (Å²) in [5, 5.41) is 12.2. The van der Waals surface area contributed by atoms with Crippen molar-refractivity contribution in [3.8, 4) is 6.07 Å². The van der Waals surface area contributed by atoms with Gasteiger partial charge in [0.05, 0.1) is 28.7 Å². The molecule has 2 aliphatic rings. The van der Waals surface area contributed by atoms with Crippen molar-refractivity contribution in [2.75, 3.05) is 18.1 Å². The number of urea groups is 1. The van der Waals surface area contributed by atoms with Crippen LogP contribution in [0, 0.1) is 11.3 Å². The van der Waals surface area contributed by atoms with Gasteiger partial charge in [-0.1, -0.05) is 36.4 Å². The average Bonchev–Trinajstić information content (AvgIpc) is 3.21. The minimum Gasteiger partial charge on any atom is -0.258 e. The molecular formula is C28H30N5O5S2+. The molecule has 2 N–H and O–H groups in total. The van der Waals surface area contributed by atoms with E-state index in [-0.39, 0.29) is 22.8 Å². The molecule has 40 heavy (non-hydrogen) atoms. The Hall–Kier alpha value is -3.63. The van der Waals surface area contributed by atoms with Crippen LogP contribution >= 0.6 is 0 Å². The third kappa shape index (κ3) is 4.49. The van der Waals surface area contributed by atoms with Gasteiger partial charge in [-0.3, -0.25) is 5.32 Å². The maximum absolute atomic E-state index is 14.2. The SMILES string of the molecule is CC(C)(C)NS(=O)(=O)c1c2cccc1[C@H]1C[N@+](C(=O)Nc3ccccn3)(S(C)(=O)=O)C2C1c1cccc(C#N)c1. The molecule has 12 heteroatoms. The molecule has 2 heterocycles. The molecule has 0 spiro atoms. The van der Waals surface area contributed by atoms with Crippen LogP contribution in [0.1, 0.15) is 60.9 Å². The molecule has 0 radical (unpaired) electrons. The molecule has 1 aliphatic heterocycles. The van der Waals surface area contributed by atoms with Crippen molar-refractivity contribution in [3.63, 3.8) is 0 Å². The van der Waals surface area contributed by atoms with Gasteiger partial charge in [0.25, 0.3) is 0 Å². The van der Waals surface area contributed by atoms with Crippen LogP contribution in [-0.2, 0) is 20.0 Å². The number of amides is 2. The lowest BCUT2D eigenvalue weighted by molar-refractivity contribution is -0.740. The van der Waals surface area contributed by atoms with E-state index < -0.39 is 53.4 Å². The molecule has 3 aromatic rings. The van der Waals surface area contributed by atoms with Gasteiger partial charge in [0.1, 0.15) is 18.4 Å². The summed E-state index contributed by atoms with van der Waals surface area (Å²) in [4.78, 5) is 18.3. The normalized spacial score (nSPS) is 23.8. The predicted octanol–water partition coefficient (Wildman–Crippen LogP) is 3.97. The van der Waals surface area contributed by atoms with E-state index in [1.165, 1.54) is 6.20 Å². The number of quaternary nitrogens is 1. The number of fused-ring (bicyclic) bond motifs is 6. The molecule has 2 aromatic carbocycles. The minimum atomic E-state index is -4.21. The lowest BCUT2D eigenvalue weighted by atomic mass is 9.73. The number of nitrogens with one attached hydrogen (secondary N) is 2. The number of aromatic nitrogens is 1. The van der Waals surface area contributed by atoms with Gasteiger partial charge < -0.3 is 0 Å². The molecule has 2 amide bonds. The van der Waals surface area contributed by atoms with Crippen molar-refractivity contribution < 1.29 is 25.5 Å². The molecule has 208 valence electrons. The standard InChI is InChI=1S/C28H29N5O5S2/c1-28(2,3)32-40(37,38)26-20-11-8-12-21(26)25-24(19-10-7-9-18(15-19)16-29)22(20)17-33(25,39(4,35)36)27(34)31-23-13-5-6-14-30-23/h5-15,22,24-25,32H,17H2,1-4H3/p+1/t22-,24?,25?,33+/m1/s1. The summed E-state index contributed by atoms with van der Waals surface area (Å²) in [6.07, 6.45) is 2.48. The summed E-state index contributed by atoms with van der Waals surface area (Å²) in [6.45, 7) is 4.97. The van der Waals surface area contributed by atoms with E-state index in [1.54, 1.807) is 81.4 Å². The van der Waals surface area contributed by atoms with Gasteiger partial charge in [-0.15, -0.1) is 3.89 Å². The Bertz CT molecular complexity index is 1760. The zero-order valence-corrected chi connectivity index (χ0v) is 24.1. The number of benzene rings is 2. The molecular weight excluding hydrogens is 550 g/mol. The number of sulfonamides is 2. The van der Waals surface area contributed by atoms with Crippen LogP contribution < -0.4 is 10.0 Å². The van der Waals surface area contributed by atoms with E-state index in [1.807, 2.05) is 0 Å². The monoisotopic (exact) mass is 580 g/mol. The molecule has 0 saturated carbocycles. The number of carbonyl (C=O) groups excluding carboxylic acids is 1. The van der Waals surface area contributed by atoms with Crippen LogP contribution in [0.5, 0.6) is 0 Å². The van der Waals surface area contributed by atoms with Crippen molar-refractivity contribution in [2.24, 2.45) is 0 Å². The number of rotatable bonds is 5. The molecule has 1 fully saturated rings. The number of likely N-dealkylation sites (tertiary alicyclic amines) is 1.